The molecule has 0 spiro atoms. The van der Waals surface area contributed by atoms with Crippen molar-refractivity contribution in [1.29, 1.82) is 0 Å². The minimum absolute atomic E-state index is 0.184. The van der Waals surface area contributed by atoms with E-state index in [1.807, 2.05) is 0 Å². The van der Waals surface area contributed by atoms with Gasteiger partial charge in [0.1, 0.15) is 12.7 Å². The smallest absolute Gasteiger partial charge is 0.408 e. The van der Waals surface area contributed by atoms with Crippen LogP contribution in [0.4, 0.5) is 18.9 Å². The highest BCUT2D eigenvalue weighted by Gasteiger charge is 2.35. The molecule has 0 saturated heterocycles. The lowest BCUT2D eigenvalue weighted by molar-refractivity contribution is -0.385. The monoisotopic (exact) mass is 253 g/mol. The number of halogens is 3. The van der Waals surface area contributed by atoms with E-state index < -0.39 is 35.0 Å². The van der Waals surface area contributed by atoms with Crippen LogP contribution in [-0.4, -0.2) is 34.0 Å². The van der Waals surface area contributed by atoms with Crippen molar-refractivity contribution in [1.82, 2.24) is 9.78 Å². The first kappa shape index (κ1) is 12.9. The van der Waals surface area contributed by atoms with Gasteiger partial charge in [0.25, 0.3) is 0 Å². The number of esters is 1. The largest absolute Gasteiger partial charge is 0.464 e. The molecule has 1 heterocycles. The van der Waals surface area contributed by atoms with Gasteiger partial charge < -0.3 is 4.74 Å². The van der Waals surface area contributed by atoms with Crippen LogP contribution in [0.1, 0.15) is 10.5 Å². The molecule has 0 N–H and O–H groups in total. The zero-order valence-electron chi connectivity index (χ0n) is 8.39. The van der Waals surface area contributed by atoms with E-state index in [9.17, 15) is 28.1 Å². The van der Waals surface area contributed by atoms with Gasteiger partial charge in [0, 0.05) is 0 Å². The van der Waals surface area contributed by atoms with Crippen LogP contribution in [0.2, 0.25) is 0 Å². The van der Waals surface area contributed by atoms with Gasteiger partial charge in [-0.25, -0.2) is 9.48 Å². The molecule has 0 saturated carbocycles. The summed E-state index contributed by atoms with van der Waals surface area (Å²) in [4.78, 5) is 20.6. The highest BCUT2D eigenvalue weighted by atomic mass is 19.4. The number of carbonyl (C=O) groups excluding carboxylic acids is 1. The first-order chi connectivity index (χ1) is 7.76. The Labute approximate surface area is 91.9 Å². The molecular weight excluding hydrogens is 247 g/mol. The van der Waals surface area contributed by atoms with Gasteiger partial charge in [-0.05, 0) is 0 Å². The number of nitrogens with zero attached hydrogens (tertiary/aromatic N) is 3. The number of carbonyl (C=O) groups is 1. The zero-order valence-corrected chi connectivity index (χ0v) is 8.39. The fraction of sp³-hybridized carbons (Fsp3) is 0.429. The molecule has 10 heteroatoms. The fourth-order valence-corrected chi connectivity index (χ4v) is 1.11. The maximum Gasteiger partial charge on any atom is 0.408 e. The molecule has 0 radical (unpaired) electrons. The zero-order chi connectivity index (χ0) is 13.2. The molecule has 0 aromatic carbocycles. The Bertz CT molecular complexity index is 454. The molecule has 0 amide bonds. The van der Waals surface area contributed by atoms with Crippen molar-refractivity contribution in [3.63, 3.8) is 0 Å². The Balaban J connectivity index is 3.23. The maximum absolute atomic E-state index is 12.1. The first-order valence-corrected chi connectivity index (χ1v) is 4.11. The van der Waals surface area contributed by atoms with E-state index >= 15 is 0 Å². The van der Waals surface area contributed by atoms with E-state index in [0.717, 1.165) is 7.11 Å². The molecule has 0 aliphatic rings. The predicted molar refractivity (Wildman–Crippen MR) is 46.3 cm³/mol. The van der Waals surface area contributed by atoms with Crippen molar-refractivity contribution in [2.75, 3.05) is 7.11 Å². The van der Waals surface area contributed by atoms with E-state index in [1.54, 1.807) is 0 Å². The van der Waals surface area contributed by atoms with Gasteiger partial charge in [0.15, 0.2) is 0 Å². The van der Waals surface area contributed by atoms with Gasteiger partial charge >= 0.3 is 17.8 Å². The Morgan fingerprint density at radius 2 is 2.24 bits per heavy atom. The third-order valence-corrected chi connectivity index (χ3v) is 1.72. The van der Waals surface area contributed by atoms with Gasteiger partial charge in [-0.2, -0.15) is 18.3 Å². The van der Waals surface area contributed by atoms with Crippen molar-refractivity contribution in [3.05, 3.63) is 22.0 Å². The van der Waals surface area contributed by atoms with Crippen LogP contribution >= 0.6 is 0 Å². The van der Waals surface area contributed by atoms with E-state index in [0.29, 0.717) is 6.20 Å². The lowest BCUT2D eigenvalue weighted by Gasteiger charge is -2.08. The number of nitro groups is 1. The predicted octanol–water partition coefficient (Wildman–Crippen LogP) is 1.14. The maximum atomic E-state index is 12.1. The highest BCUT2D eigenvalue weighted by Crippen LogP contribution is 2.23. The van der Waals surface area contributed by atoms with E-state index in [2.05, 4.69) is 9.84 Å². The Hall–Kier alpha value is -2.13. The summed E-state index contributed by atoms with van der Waals surface area (Å²) in [7, 11) is 0.900. The quantitative estimate of drug-likeness (QED) is 0.458. The van der Waals surface area contributed by atoms with E-state index in [4.69, 9.17) is 0 Å². The summed E-state index contributed by atoms with van der Waals surface area (Å²) < 4.78 is 40.7. The van der Waals surface area contributed by atoms with E-state index in [-0.39, 0.29) is 4.68 Å². The van der Waals surface area contributed by atoms with Crippen molar-refractivity contribution in [3.8, 4) is 0 Å². The summed E-state index contributed by atoms with van der Waals surface area (Å²) >= 11 is 0. The van der Waals surface area contributed by atoms with Crippen LogP contribution in [0, 0.1) is 10.1 Å². The lowest BCUT2D eigenvalue weighted by Crippen LogP contribution is -2.23. The second kappa shape index (κ2) is 4.39. The minimum atomic E-state index is -4.65. The van der Waals surface area contributed by atoms with Gasteiger partial charge in [-0.15, -0.1) is 0 Å². The van der Waals surface area contributed by atoms with Crippen molar-refractivity contribution >= 4 is 11.7 Å². The number of rotatable bonds is 3. The summed E-state index contributed by atoms with van der Waals surface area (Å²) in [6, 6.07) is 0. The summed E-state index contributed by atoms with van der Waals surface area (Å²) in [5.74, 6) is -1.25. The van der Waals surface area contributed by atoms with Crippen molar-refractivity contribution in [2.24, 2.45) is 0 Å². The van der Waals surface area contributed by atoms with Gasteiger partial charge in [0.2, 0.25) is 5.69 Å². The van der Waals surface area contributed by atoms with Crippen molar-refractivity contribution in [2.45, 2.75) is 12.7 Å². The molecule has 1 aromatic heterocycles. The number of aromatic nitrogens is 2. The molecule has 1 rings (SSSR count). The SMILES string of the molecule is COC(=O)c1c([N+](=O)[O-])cnn1CC(F)(F)F. The highest BCUT2D eigenvalue weighted by molar-refractivity contribution is 5.91. The van der Waals surface area contributed by atoms with Crippen LogP contribution in [0.25, 0.3) is 0 Å². The van der Waals surface area contributed by atoms with Gasteiger partial charge in [-0.1, -0.05) is 0 Å². The van der Waals surface area contributed by atoms with Gasteiger partial charge in [0.05, 0.1) is 12.0 Å². The Kier molecular flexibility index (Phi) is 3.34. The van der Waals surface area contributed by atoms with E-state index in [1.165, 1.54) is 0 Å². The molecule has 94 valence electrons. The standard InChI is InChI=1S/C7H6F3N3O4/c1-17-6(14)5-4(13(15)16)2-11-12(5)3-7(8,9)10/h2H,3H2,1H3. The molecule has 0 bridgehead atoms. The second-order valence-corrected chi connectivity index (χ2v) is 2.90. The molecule has 0 aliphatic carbocycles. The van der Waals surface area contributed by atoms with Gasteiger partial charge in [-0.3, -0.25) is 10.1 Å². The third kappa shape index (κ3) is 2.92. The third-order valence-electron chi connectivity index (χ3n) is 1.72. The molecule has 17 heavy (non-hydrogen) atoms. The number of alkyl halides is 3. The topological polar surface area (TPSA) is 87.3 Å². The fourth-order valence-electron chi connectivity index (χ4n) is 1.11. The molecule has 0 aliphatic heterocycles. The summed E-state index contributed by atoms with van der Waals surface area (Å²) in [5.41, 5.74) is -1.67. The number of ether oxygens (including phenoxy) is 1. The summed E-state index contributed by atoms with van der Waals surface area (Å²) in [6.07, 6.45) is -4.08. The normalized spacial score (nSPS) is 11.3. The van der Waals surface area contributed by atoms with Crippen LogP contribution in [0.5, 0.6) is 0 Å². The number of hydrogen-bond acceptors (Lipinski definition) is 5. The first-order valence-electron chi connectivity index (χ1n) is 4.11. The second-order valence-electron chi connectivity index (χ2n) is 2.90. The molecule has 0 fully saturated rings. The molecule has 7 nitrogen and oxygen atoms in total. The van der Waals surface area contributed by atoms with Crippen molar-refractivity contribution < 1.29 is 27.6 Å². The summed E-state index contributed by atoms with van der Waals surface area (Å²) in [5, 5.41) is 13.6. The summed E-state index contributed by atoms with van der Waals surface area (Å²) in [6.45, 7) is -1.61. The minimum Gasteiger partial charge on any atom is -0.464 e. The average molecular weight is 253 g/mol. The van der Waals surface area contributed by atoms with Crippen LogP contribution < -0.4 is 0 Å². The molecule has 1 aromatic rings. The Morgan fingerprint density at radius 1 is 1.65 bits per heavy atom. The number of methoxy groups -OCH3 is 1. The lowest BCUT2D eigenvalue weighted by atomic mass is 10.3. The van der Waals surface area contributed by atoms with Crippen LogP contribution in [0.15, 0.2) is 6.20 Å². The van der Waals surface area contributed by atoms with Crippen LogP contribution in [-0.2, 0) is 11.3 Å². The average Bonchev–Trinajstić information content (AvgIpc) is 2.57. The molecule has 0 atom stereocenters. The molecular formula is C7H6F3N3O4. The van der Waals surface area contributed by atoms with Crippen LogP contribution in [0.3, 0.4) is 0 Å². The molecule has 0 unspecified atom stereocenters. The number of hydrogen-bond donors (Lipinski definition) is 0. The Morgan fingerprint density at radius 3 is 2.65 bits per heavy atom.